The van der Waals surface area contributed by atoms with Crippen molar-refractivity contribution in [2.75, 3.05) is 0 Å². The van der Waals surface area contributed by atoms with Crippen LogP contribution in [0.25, 0.3) is 0 Å². The molecule has 0 spiro atoms. The lowest BCUT2D eigenvalue weighted by atomic mass is 9.93. The van der Waals surface area contributed by atoms with Gasteiger partial charge in [-0.05, 0) is 12.5 Å². The van der Waals surface area contributed by atoms with Gasteiger partial charge >= 0.3 is 0 Å². The number of aromatic nitrogens is 1. The predicted octanol–water partition coefficient (Wildman–Crippen LogP) is 0.0977. The predicted molar refractivity (Wildman–Crippen MR) is 50.0 cm³/mol. The van der Waals surface area contributed by atoms with Gasteiger partial charge in [0.2, 0.25) is 0 Å². The Labute approximate surface area is 80.6 Å². The standard InChI is InChI=1S/C10H11NO3/c1-2-10(14)7-3-4-11-9(13)6(7)5-8(10)12/h3-4,14H,2,5H2,1H3,(H,11,13)/t10-/m0/s1. The largest absolute Gasteiger partial charge is 0.377 e. The molecule has 0 radical (unpaired) electrons. The second kappa shape index (κ2) is 2.78. The summed E-state index contributed by atoms with van der Waals surface area (Å²) >= 11 is 0. The molecule has 0 unspecified atom stereocenters. The van der Waals surface area contributed by atoms with Crippen LogP contribution in [0.1, 0.15) is 24.5 Å². The van der Waals surface area contributed by atoms with Gasteiger partial charge in [-0.2, -0.15) is 0 Å². The van der Waals surface area contributed by atoms with E-state index < -0.39 is 5.60 Å². The van der Waals surface area contributed by atoms with Crippen LogP contribution in [0.3, 0.4) is 0 Å². The minimum Gasteiger partial charge on any atom is -0.377 e. The van der Waals surface area contributed by atoms with Crippen molar-refractivity contribution in [3.05, 3.63) is 33.7 Å². The third-order valence-electron chi connectivity index (χ3n) is 2.82. The average molecular weight is 193 g/mol. The minimum atomic E-state index is -1.44. The van der Waals surface area contributed by atoms with E-state index in [4.69, 9.17) is 0 Å². The smallest absolute Gasteiger partial charge is 0.251 e. The van der Waals surface area contributed by atoms with Crippen molar-refractivity contribution in [1.29, 1.82) is 0 Å². The average Bonchev–Trinajstić information content (AvgIpc) is 2.43. The van der Waals surface area contributed by atoms with E-state index in [-0.39, 0.29) is 17.8 Å². The number of fused-ring (bicyclic) bond motifs is 1. The molecule has 2 N–H and O–H groups in total. The first-order valence-electron chi connectivity index (χ1n) is 4.56. The molecular formula is C10H11NO3. The Hall–Kier alpha value is -1.42. The van der Waals surface area contributed by atoms with E-state index in [0.29, 0.717) is 17.5 Å². The van der Waals surface area contributed by atoms with Gasteiger partial charge in [0.1, 0.15) is 5.60 Å². The minimum absolute atomic E-state index is 0.0375. The summed E-state index contributed by atoms with van der Waals surface area (Å²) in [6.07, 6.45) is 1.80. The van der Waals surface area contributed by atoms with Crippen molar-refractivity contribution in [3.8, 4) is 0 Å². The molecule has 1 atom stereocenters. The number of aliphatic hydroxyl groups is 1. The summed E-state index contributed by atoms with van der Waals surface area (Å²) in [4.78, 5) is 25.4. The van der Waals surface area contributed by atoms with Crippen LogP contribution in [0.15, 0.2) is 17.1 Å². The zero-order valence-electron chi connectivity index (χ0n) is 7.83. The molecule has 0 amide bonds. The molecule has 4 heteroatoms. The quantitative estimate of drug-likeness (QED) is 0.664. The molecule has 1 aliphatic carbocycles. The van der Waals surface area contributed by atoms with Gasteiger partial charge in [0.25, 0.3) is 5.56 Å². The second-order valence-electron chi connectivity index (χ2n) is 3.51. The third kappa shape index (κ3) is 0.974. The van der Waals surface area contributed by atoms with Crippen molar-refractivity contribution < 1.29 is 9.90 Å². The monoisotopic (exact) mass is 193 g/mol. The molecule has 0 aromatic carbocycles. The van der Waals surface area contributed by atoms with E-state index in [1.807, 2.05) is 0 Å². The number of carbonyl (C=O) groups excluding carboxylic acids is 1. The maximum absolute atomic E-state index is 11.5. The molecule has 0 aliphatic heterocycles. The molecular weight excluding hydrogens is 182 g/mol. The Bertz CT molecular complexity index is 449. The normalized spacial score (nSPS) is 25.1. The highest BCUT2D eigenvalue weighted by molar-refractivity contribution is 5.94. The molecule has 1 aromatic heterocycles. The highest BCUT2D eigenvalue weighted by atomic mass is 16.3. The van der Waals surface area contributed by atoms with E-state index in [9.17, 15) is 14.7 Å². The molecule has 14 heavy (non-hydrogen) atoms. The lowest BCUT2D eigenvalue weighted by Crippen LogP contribution is -2.30. The summed E-state index contributed by atoms with van der Waals surface area (Å²) in [6, 6.07) is 1.60. The molecule has 74 valence electrons. The fourth-order valence-electron chi connectivity index (χ4n) is 1.92. The number of carbonyl (C=O) groups is 1. The van der Waals surface area contributed by atoms with Gasteiger partial charge in [0.15, 0.2) is 5.78 Å². The summed E-state index contributed by atoms with van der Waals surface area (Å²) in [6.45, 7) is 1.73. The summed E-state index contributed by atoms with van der Waals surface area (Å²) in [5, 5.41) is 10.0. The number of aromatic amines is 1. The van der Waals surface area contributed by atoms with Gasteiger partial charge in [0.05, 0.1) is 0 Å². The van der Waals surface area contributed by atoms with Gasteiger partial charge in [-0.25, -0.2) is 0 Å². The van der Waals surface area contributed by atoms with E-state index in [1.54, 1.807) is 13.0 Å². The van der Waals surface area contributed by atoms with Gasteiger partial charge in [-0.15, -0.1) is 0 Å². The van der Waals surface area contributed by atoms with E-state index in [1.165, 1.54) is 6.20 Å². The number of ketones is 1. The molecule has 0 saturated heterocycles. The van der Waals surface area contributed by atoms with Crippen molar-refractivity contribution in [2.24, 2.45) is 0 Å². The van der Waals surface area contributed by atoms with Crippen molar-refractivity contribution >= 4 is 5.78 Å². The zero-order valence-corrected chi connectivity index (χ0v) is 7.83. The SMILES string of the molecule is CC[C@@]1(O)C(=O)Cc2c1cc[nH]c2=O. The van der Waals surface area contributed by atoms with Crippen LogP contribution >= 0.6 is 0 Å². The number of hydrogen-bond donors (Lipinski definition) is 2. The van der Waals surface area contributed by atoms with Crippen LogP contribution in [0.2, 0.25) is 0 Å². The number of Topliss-reactive ketones (excluding diaryl/α,β-unsaturated/α-hetero) is 1. The summed E-state index contributed by atoms with van der Waals surface area (Å²) < 4.78 is 0. The number of H-pyrrole nitrogens is 1. The number of nitrogens with one attached hydrogen (secondary N) is 1. The van der Waals surface area contributed by atoms with Gasteiger partial charge < -0.3 is 10.1 Å². The number of rotatable bonds is 1. The van der Waals surface area contributed by atoms with Crippen molar-refractivity contribution in [2.45, 2.75) is 25.4 Å². The van der Waals surface area contributed by atoms with E-state index in [2.05, 4.69) is 4.98 Å². The maximum Gasteiger partial charge on any atom is 0.251 e. The molecule has 0 fully saturated rings. The first kappa shape index (κ1) is 9.15. The highest BCUT2D eigenvalue weighted by Gasteiger charge is 2.44. The van der Waals surface area contributed by atoms with Crippen LogP contribution in [0.5, 0.6) is 0 Å². The fourth-order valence-corrected chi connectivity index (χ4v) is 1.92. The molecule has 0 bridgehead atoms. The number of hydrogen-bond acceptors (Lipinski definition) is 3. The Kier molecular flexibility index (Phi) is 1.82. The van der Waals surface area contributed by atoms with Crippen LogP contribution in [0.4, 0.5) is 0 Å². The first-order chi connectivity index (χ1) is 6.59. The molecule has 2 rings (SSSR count). The Morgan fingerprint density at radius 2 is 2.29 bits per heavy atom. The Morgan fingerprint density at radius 3 is 2.93 bits per heavy atom. The maximum atomic E-state index is 11.5. The van der Waals surface area contributed by atoms with Crippen LogP contribution in [-0.2, 0) is 16.8 Å². The molecule has 1 aliphatic rings. The van der Waals surface area contributed by atoms with Crippen molar-refractivity contribution in [1.82, 2.24) is 4.98 Å². The van der Waals surface area contributed by atoms with Crippen molar-refractivity contribution in [3.63, 3.8) is 0 Å². The second-order valence-corrected chi connectivity index (χ2v) is 3.51. The third-order valence-corrected chi connectivity index (χ3v) is 2.82. The highest BCUT2D eigenvalue weighted by Crippen LogP contribution is 2.34. The summed E-state index contributed by atoms with van der Waals surface area (Å²) in [7, 11) is 0. The Balaban J connectivity index is 2.71. The topological polar surface area (TPSA) is 70.2 Å². The molecule has 1 aromatic rings. The van der Waals surface area contributed by atoms with Gasteiger partial charge in [0, 0.05) is 23.7 Å². The van der Waals surface area contributed by atoms with Gasteiger partial charge in [-0.3, -0.25) is 9.59 Å². The number of pyridine rings is 1. The lowest BCUT2D eigenvalue weighted by Gasteiger charge is -2.19. The van der Waals surface area contributed by atoms with Gasteiger partial charge in [-0.1, -0.05) is 6.92 Å². The first-order valence-corrected chi connectivity index (χ1v) is 4.56. The van der Waals surface area contributed by atoms with E-state index in [0.717, 1.165) is 0 Å². The molecule has 1 heterocycles. The fraction of sp³-hybridized carbons (Fsp3) is 0.400. The lowest BCUT2D eigenvalue weighted by molar-refractivity contribution is -0.136. The van der Waals surface area contributed by atoms with Crippen LogP contribution in [-0.4, -0.2) is 15.9 Å². The molecule has 0 saturated carbocycles. The van der Waals surface area contributed by atoms with Crippen LogP contribution < -0.4 is 5.56 Å². The summed E-state index contributed by atoms with van der Waals surface area (Å²) in [5.74, 6) is -0.285. The summed E-state index contributed by atoms with van der Waals surface area (Å²) in [5.41, 5.74) is -0.848. The van der Waals surface area contributed by atoms with Crippen LogP contribution in [0, 0.1) is 0 Å². The molecule has 4 nitrogen and oxygen atoms in total. The zero-order chi connectivity index (χ0) is 10.3. The van der Waals surface area contributed by atoms with E-state index >= 15 is 0 Å². The Morgan fingerprint density at radius 1 is 1.57 bits per heavy atom.